The van der Waals surface area contributed by atoms with E-state index in [1.165, 1.54) is 14.2 Å². The lowest BCUT2D eigenvalue weighted by molar-refractivity contribution is -0.193. The van der Waals surface area contributed by atoms with Crippen molar-refractivity contribution in [1.82, 2.24) is 0 Å². The quantitative estimate of drug-likeness (QED) is 0.926. The maximum absolute atomic E-state index is 12.7. The molecule has 0 aromatic heterocycles. The number of aliphatic hydroxyl groups is 1. The third-order valence-corrected chi connectivity index (χ3v) is 4.20. The zero-order chi connectivity index (χ0) is 15.7. The minimum Gasteiger partial charge on any atom is -0.493 e. The van der Waals surface area contributed by atoms with Crippen LogP contribution in [0.25, 0.3) is 0 Å². The molecular weight excluding hydrogens is 285 g/mol. The molecule has 1 fully saturated rings. The van der Waals surface area contributed by atoms with E-state index >= 15 is 0 Å². The Morgan fingerprint density at radius 2 is 1.67 bits per heavy atom. The molecule has 0 amide bonds. The molecule has 1 aromatic rings. The van der Waals surface area contributed by atoms with Crippen molar-refractivity contribution in [2.45, 2.75) is 37.5 Å². The maximum atomic E-state index is 12.7. The highest BCUT2D eigenvalue weighted by Crippen LogP contribution is 2.46. The minimum atomic E-state index is -4.18. The lowest BCUT2D eigenvalue weighted by Gasteiger charge is -2.37. The molecule has 0 bridgehead atoms. The molecule has 6 heteroatoms. The fourth-order valence-electron chi connectivity index (χ4n) is 2.84. The monoisotopic (exact) mass is 304 g/mol. The first-order chi connectivity index (χ1) is 9.80. The van der Waals surface area contributed by atoms with E-state index in [2.05, 4.69) is 0 Å². The van der Waals surface area contributed by atoms with Gasteiger partial charge >= 0.3 is 6.18 Å². The predicted octanol–water partition coefficient (Wildman–Crippen LogP) is 3.64. The van der Waals surface area contributed by atoms with E-state index in [-0.39, 0.29) is 25.7 Å². The first-order valence-electron chi connectivity index (χ1n) is 6.82. The van der Waals surface area contributed by atoms with E-state index in [1.54, 1.807) is 18.2 Å². The number of hydrogen-bond donors (Lipinski definition) is 1. The molecule has 0 unspecified atom stereocenters. The number of halogens is 3. The van der Waals surface area contributed by atoms with E-state index < -0.39 is 17.7 Å². The van der Waals surface area contributed by atoms with E-state index in [4.69, 9.17) is 9.47 Å². The van der Waals surface area contributed by atoms with Gasteiger partial charge in [-0.15, -0.1) is 0 Å². The van der Waals surface area contributed by atoms with Gasteiger partial charge in [0, 0.05) is 0 Å². The molecule has 1 aliphatic carbocycles. The summed E-state index contributed by atoms with van der Waals surface area (Å²) in [5.41, 5.74) is -0.665. The first kappa shape index (κ1) is 15.9. The van der Waals surface area contributed by atoms with Gasteiger partial charge in [0.2, 0.25) is 0 Å². The molecule has 1 saturated carbocycles. The summed E-state index contributed by atoms with van der Waals surface area (Å²) in [5, 5.41) is 10.6. The van der Waals surface area contributed by atoms with Crippen molar-refractivity contribution in [3.63, 3.8) is 0 Å². The molecule has 0 spiro atoms. The number of benzene rings is 1. The second-order valence-electron chi connectivity index (χ2n) is 5.42. The van der Waals surface area contributed by atoms with Crippen LogP contribution in [0.1, 0.15) is 31.2 Å². The zero-order valence-electron chi connectivity index (χ0n) is 12.0. The highest BCUT2D eigenvalue weighted by atomic mass is 19.4. The summed E-state index contributed by atoms with van der Waals surface area (Å²) in [5.74, 6) is -0.340. The van der Waals surface area contributed by atoms with Crippen molar-refractivity contribution >= 4 is 0 Å². The van der Waals surface area contributed by atoms with Gasteiger partial charge in [-0.25, -0.2) is 0 Å². The summed E-state index contributed by atoms with van der Waals surface area (Å²) in [6, 6.07) is 4.96. The van der Waals surface area contributed by atoms with Crippen molar-refractivity contribution in [2.75, 3.05) is 14.2 Å². The molecule has 1 aromatic carbocycles. The lowest BCUT2D eigenvalue weighted by Crippen LogP contribution is -2.36. The van der Waals surface area contributed by atoms with Crippen molar-refractivity contribution in [1.29, 1.82) is 0 Å². The Morgan fingerprint density at radius 1 is 1.10 bits per heavy atom. The zero-order valence-corrected chi connectivity index (χ0v) is 12.0. The Labute approximate surface area is 121 Å². The van der Waals surface area contributed by atoms with Gasteiger partial charge in [-0.2, -0.15) is 13.2 Å². The van der Waals surface area contributed by atoms with E-state index in [0.717, 1.165) is 0 Å². The summed E-state index contributed by atoms with van der Waals surface area (Å²) in [4.78, 5) is 0. The molecule has 0 saturated heterocycles. The Balaban J connectivity index is 2.19. The molecule has 0 radical (unpaired) electrons. The van der Waals surface area contributed by atoms with Gasteiger partial charge < -0.3 is 14.6 Å². The van der Waals surface area contributed by atoms with Gasteiger partial charge in [0.1, 0.15) is 0 Å². The van der Waals surface area contributed by atoms with Crippen LogP contribution in [0, 0.1) is 5.92 Å². The highest BCUT2D eigenvalue weighted by Gasteiger charge is 2.45. The van der Waals surface area contributed by atoms with Gasteiger partial charge in [-0.05, 0) is 43.4 Å². The second kappa shape index (κ2) is 5.75. The molecule has 0 aliphatic heterocycles. The third kappa shape index (κ3) is 3.26. The number of hydrogen-bond acceptors (Lipinski definition) is 3. The first-order valence-corrected chi connectivity index (χ1v) is 6.82. The van der Waals surface area contributed by atoms with Crippen LogP contribution in [-0.4, -0.2) is 25.5 Å². The normalized spacial score (nSPS) is 26.5. The van der Waals surface area contributed by atoms with Gasteiger partial charge in [0.25, 0.3) is 0 Å². The van der Waals surface area contributed by atoms with Crippen LogP contribution in [0.5, 0.6) is 11.5 Å². The van der Waals surface area contributed by atoms with Crippen molar-refractivity contribution in [3.8, 4) is 11.5 Å². The van der Waals surface area contributed by atoms with Crippen molar-refractivity contribution < 1.29 is 27.8 Å². The lowest BCUT2D eigenvalue weighted by atomic mass is 9.75. The van der Waals surface area contributed by atoms with Crippen LogP contribution < -0.4 is 9.47 Å². The van der Waals surface area contributed by atoms with Crippen molar-refractivity contribution in [2.24, 2.45) is 5.92 Å². The molecule has 1 N–H and O–H groups in total. The van der Waals surface area contributed by atoms with E-state index in [9.17, 15) is 18.3 Å². The van der Waals surface area contributed by atoms with E-state index in [1.807, 2.05) is 0 Å². The predicted molar refractivity (Wildman–Crippen MR) is 71.5 cm³/mol. The molecule has 1 aliphatic rings. The van der Waals surface area contributed by atoms with Gasteiger partial charge in [-0.1, -0.05) is 6.07 Å². The van der Waals surface area contributed by atoms with Crippen LogP contribution in [-0.2, 0) is 5.60 Å². The fraction of sp³-hybridized carbons (Fsp3) is 0.600. The summed E-state index contributed by atoms with van der Waals surface area (Å²) in [6.07, 6.45) is -4.12. The average Bonchev–Trinajstić information content (AvgIpc) is 2.46. The Kier molecular flexibility index (Phi) is 4.37. The van der Waals surface area contributed by atoms with Gasteiger partial charge in [0.05, 0.1) is 25.7 Å². The van der Waals surface area contributed by atoms with Crippen LogP contribution in [0.2, 0.25) is 0 Å². The largest absolute Gasteiger partial charge is 0.493 e. The molecule has 2 rings (SSSR count). The fourth-order valence-corrected chi connectivity index (χ4v) is 2.84. The molecular formula is C15H19F3O3. The number of alkyl halides is 3. The topological polar surface area (TPSA) is 38.7 Å². The number of rotatable bonds is 3. The van der Waals surface area contributed by atoms with Crippen LogP contribution >= 0.6 is 0 Å². The smallest absolute Gasteiger partial charge is 0.391 e. The molecule has 118 valence electrons. The molecule has 3 nitrogen and oxygen atoms in total. The Hall–Kier alpha value is -1.43. The maximum Gasteiger partial charge on any atom is 0.391 e. The minimum absolute atomic E-state index is 0.0612. The van der Waals surface area contributed by atoms with Gasteiger partial charge in [0.15, 0.2) is 11.5 Å². The summed E-state index contributed by atoms with van der Waals surface area (Å²) in [7, 11) is 2.98. The number of ether oxygens (including phenoxy) is 2. The average molecular weight is 304 g/mol. The van der Waals surface area contributed by atoms with Crippen LogP contribution in [0.15, 0.2) is 18.2 Å². The highest BCUT2D eigenvalue weighted by molar-refractivity contribution is 5.44. The Bertz CT molecular complexity index is 491. The second-order valence-corrected chi connectivity index (χ2v) is 5.42. The van der Waals surface area contributed by atoms with E-state index in [0.29, 0.717) is 17.1 Å². The summed E-state index contributed by atoms with van der Waals surface area (Å²) >= 11 is 0. The molecule has 0 heterocycles. The SMILES string of the molecule is COc1ccc(C2(O)CCC(C(F)(F)F)CC2)cc1OC. The third-order valence-electron chi connectivity index (χ3n) is 4.20. The standard InChI is InChI=1S/C15H19F3O3/c1-20-12-4-3-11(9-13(12)21-2)14(19)7-5-10(6-8-14)15(16,17)18/h3-4,9-10,19H,5-8H2,1-2H3. The number of methoxy groups -OCH3 is 2. The van der Waals surface area contributed by atoms with Gasteiger partial charge in [-0.3, -0.25) is 0 Å². The summed E-state index contributed by atoms with van der Waals surface area (Å²) < 4.78 is 48.4. The van der Waals surface area contributed by atoms with Crippen LogP contribution in [0.3, 0.4) is 0 Å². The Morgan fingerprint density at radius 3 is 2.14 bits per heavy atom. The van der Waals surface area contributed by atoms with Crippen LogP contribution in [0.4, 0.5) is 13.2 Å². The van der Waals surface area contributed by atoms with Crippen molar-refractivity contribution in [3.05, 3.63) is 23.8 Å². The molecule has 21 heavy (non-hydrogen) atoms. The molecule has 0 atom stereocenters. The summed E-state index contributed by atoms with van der Waals surface area (Å²) in [6.45, 7) is 0.